The van der Waals surface area contributed by atoms with E-state index in [-0.39, 0.29) is 31.1 Å². The Bertz CT molecular complexity index is 976. The van der Waals surface area contributed by atoms with E-state index in [4.69, 9.17) is 14.2 Å². The molecule has 0 saturated carbocycles. The van der Waals surface area contributed by atoms with Gasteiger partial charge >= 0.3 is 17.9 Å². The van der Waals surface area contributed by atoms with E-state index in [9.17, 15) is 14.4 Å². The molecule has 0 aliphatic heterocycles. The summed E-state index contributed by atoms with van der Waals surface area (Å²) in [5, 5.41) is 0. The smallest absolute Gasteiger partial charge is 0.306 e. The molecule has 63 heavy (non-hydrogen) atoms. The number of hydrogen-bond donors (Lipinski definition) is 0. The summed E-state index contributed by atoms with van der Waals surface area (Å²) in [6, 6.07) is 0. The molecule has 1 atom stereocenters. The van der Waals surface area contributed by atoms with Crippen LogP contribution in [0.15, 0.2) is 0 Å². The number of ether oxygens (including phenoxy) is 3. The number of unbranched alkanes of at least 4 members (excludes halogenated alkanes) is 33. The van der Waals surface area contributed by atoms with Crippen LogP contribution in [0.25, 0.3) is 0 Å². The molecule has 0 fully saturated rings. The van der Waals surface area contributed by atoms with Crippen LogP contribution in [0, 0.1) is 17.8 Å². The second-order valence-electron chi connectivity index (χ2n) is 21.0. The van der Waals surface area contributed by atoms with Gasteiger partial charge in [0.05, 0.1) is 0 Å². The monoisotopic (exact) mass is 891 g/mol. The van der Waals surface area contributed by atoms with Crippen LogP contribution >= 0.6 is 0 Å². The molecule has 0 amide bonds. The van der Waals surface area contributed by atoms with E-state index in [2.05, 4.69) is 41.5 Å². The van der Waals surface area contributed by atoms with Gasteiger partial charge in [0.1, 0.15) is 13.2 Å². The minimum atomic E-state index is -0.763. The average Bonchev–Trinajstić information content (AvgIpc) is 3.24. The molecule has 0 heterocycles. The third-order valence-corrected chi connectivity index (χ3v) is 12.9. The fourth-order valence-electron chi connectivity index (χ4n) is 8.65. The lowest BCUT2D eigenvalue weighted by Gasteiger charge is -2.18. The Balaban J connectivity index is 4.30. The van der Waals surface area contributed by atoms with Gasteiger partial charge in [0.15, 0.2) is 6.10 Å². The minimum absolute atomic E-state index is 0.0640. The van der Waals surface area contributed by atoms with Gasteiger partial charge in [-0.3, -0.25) is 14.4 Å². The van der Waals surface area contributed by atoms with Gasteiger partial charge in [0.2, 0.25) is 0 Å². The van der Waals surface area contributed by atoms with Crippen molar-refractivity contribution in [1.29, 1.82) is 0 Å². The summed E-state index contributed by atoms with van der Waals surface area (Å²) < 4.78 is 16.9. The lowest BCUT2D eigenvalue weighted by molar-refractivity contribution is -0.167. The van der Waals surface area contributed by atoms with E-state index < -0.39 is 6.10 Å². The second-order valence-corrected chi connectivity index (χ2v) is 21.0. The maximum atomic E-state index is 12.8. The van der Waals surface area contributed by atoms with Crippen molar-refractivity contribution in [2.24, 2.45) is 17.8 Å². The summed E-state index contributed by atoms with van der Waals surface area (Å²) in [7, 11) is 0. The van der Waals surface area contributed by atoms with Crippen molar-refractivity contribution in [2.45, 2.75) is 317 Å². The largest absolute Gasteiger partial charge is 0.462 e. The first-order valence-corrected chi connectivity index (χ1v) is 28.1. The van der Waals surface area contributed by atoms with E-state index in [0.717, 1.165) is 75.5 Å². The van der Waals surface area contributed by atoms with E-state index in [1.807, 2.05) is 0 Å². The molecular weight excluding hydrogens is 781 g/mol. The molecule has 0 spiro atoms. The van der Waals surface area contributed by atoms with Crippen LogP contribution in [0.4, 0.5) is 0 Å². The van der Waals surface area contributed by atoms with Crippen molar-refractivity contribution in [3.63, 3.8) is 0 Å². The molecular formula is C57H110O6. The van der Waals surface area contributed by atoms with Crippen LogP contribution in [-0.2, 0) is 28.6 Å². The number of carbonyl (C=O) groups excluding carboxylic acids is 3. The highest BCUT2D eigenvalue weighted by molar-refractivity contribution is 5.71. The Kier molecular flexibility index (Phi) is 47.1. The Hall–Kier alpha value is -1.59. The first-order chi connectivity index (χ1) is 30.6. The van der Waals surface area contributed by atoms with Gasteiger partial charge < -0.3 is 14.2 Å². The third-order valence-electron chi connectivity index (χ3n) is 12.9. The molecule has 0 aromatic rings. The van der Waals surface area contributed by atoms with Gasteiger partial charge in [-0.2, -0.15) is 0 Å². The van der Waals surface area contributed by atoms with Gasteiger partial charge in [-0.15, -0.1) is 0 Å². The quantitative estimate of drug-likeness (QED) is 0.0344. The topological polar surface area (TPSA) is 78.9 Å². The van der Waals surface area contributed by atoms with Gasteiger partial charge in [-0.05, 0) is 37.0 Å². The molecule has 0 aliphatic carbocycles. The van der Waals surface area contributed by atoms with Crippen LogP contribution < -0.4 is 0 Å². The molecule has 0 saturated heterocycles. The lowest BCUT2D eigenvalue weighted by atomic mass is 10.0. The maximum absolute atomic E-state index is 12.8. The maximum Gasteiger partial charge on any atom is 0.306 e. The number of carbonyl (C=O) groups is 3. The average molecular weight is 892 g/mol. The van der Waals surface area contributed by atoms with Crippen LogP contribution in [0.3, 0.4) is 0 Å². The molecule has 6 nitrogen and oxygen atoms in total. The van der Waals surface area contributed by atoms with E-state index in [1.54, 1.807) is 0 Å². The minimum Gasteiger partial charge on any atom is -0.462 e. The predicted octanol–water partition coefficient (Wildman–Crippen LogP) is 18.3. The summed E-state index contributed by atoms with van der Waals surface area (Å²) in [5.41, 5.74) is 0. The SMILES string of the molecule is CC(C)CCCCCCCCCCCCCCCCCC(=O)O[C@H](COC(=O)CCCCCCCCCCCCCC(C)C)COC(=O)CCCCCCCCCCCCC(C)C. The molecule has 0 unspecified atom stereocenters. The van der Waals surface area contributed by atoms with Crippen molar-refractivity contribution in [3.05, 3.63) is 0 Å². The molecule has 0 aromatic carbocycles. The molecule has 0 rings (SSSR count). The molecule has 374 valence electrons. The van der Waals surface area contributed by atoms with Gasteiger partial charge in [0.25, 0.3) is 0 Å². The molecule has 0 N–H and O–H groups in total. The Morgan fingerprint density at radius 2 is 0.460 bits per heavy atom. The van der Waals surface area contributed by atoms with Crippen molar-refractivity contribution < 1.29 is 28.6 Å². The van der Waals surface area contributed by atoms with Gasteiger partial charge in [0, 0.05) is 19.3 Å². The fourth-order valence-corrected chi connectivity index (χ4v) is 8.65. The van der Waals surface area contributed by atoms with Crippen molar-refractivity contribution in [1.82, 2.24) is 0 Å². The van der Waals surface area contributed by atoms with Gasteiger partial charge in [-0.25, -0.2) is 0 Å². The number of hydrogen-bond acceptors (Lipinski definition) is 6. The van der Waals surface area contributed by atoms with Crippen molar-refractivity contribution >= 4 is 17.9 Å². The highest BCUT2D eigenvalue weighted by atomic mass is 16.6. The second kappa shape index (κ2) is 48.3. The predicted molar refractivity (Wildman–Crippen MR) is 270 cm³/mol. The van der Waals surface area contributed by atoms with Crippen molar-refractivity contribution in [2.75, 3.05) is 13.2 Å². The summed E-state index contributed by atoms with van der Waals surface area (Å²) in [6.45, 7) is 13.7. The highest BCUT2D eigenvalue weighted by Crippen LogP contribution is 2.18. The Morgan fingerprint density at radius 3 is 0.683 bits per heavy atom. The lowest BCUT2D eigenvalue weighted by Crippen LogP contribution is -2.30. The number of rotatable bonds is 50. The summed E-state index contributed by atoms with van der Waals surface area (Å²) in [6.07, 6.45) is 49.5. The first kappa shape index (κ1) is 61.4. The zero-order valence-electron chi connectivity index (χ0n) is 43.4. The summed E-state index contributed by atoms with van der Waals surface area (Å²) >= 11 is 0. The molecule has 0 aromatic heterocycles. The van der Waals surface area contributed by atoms with E-state index in [0.29, 0.717) is 19.3 Å². The van der Waals surface area contributed by atoms with Crippen LogP contribution in [0.1, 0.15) is 311 Å². The molecule has 0 radical (unpaired) electrons. The molecule has 0 bridgehead atoms. The Morgan fingerprint density at radius 1 is 0.270 bits per heavy atom. The molecule has 6 heteroatoms. The zero-order chi connectivity index (χ0) is 46.3. The number of esters is 3. The van der Waals surface area contributed by atoms with E-state index in [1.165, 1.54) is 193 Å². The standard InChI is InChI=1S/C57H110O6/c1-51(2)43-37-31-25-19-13-10-8-7-9-11-15-24-30-36-42-48-57(60)63-54(50-62-56(59)47-41-35-29-23-18-17-21-27-33-39-45-53(5)6)49-61-55(58)46-40-34-28-22-16-12-14-20-26-32-38-44-52(3)4/h51-54H,7-50H2,1-6H3/t54-/m1/s1. The fraction of sp³-hybridized carbons (Fsp3) is 0.947. The highest BCUT2D eigenvalue weighted by Gasteiger charge is 2.19. The van der Waals surface area contributed by atoms with Crippen LogP contribution in [-0.4, -0.2) is 37.2 Å². The van der Waals surface area contributed by atoms with E-state index >= 15 is 0 Å². The summed E-state index contributed by atoms with van der Waals surface area (Å²) in [4.78, 5) is 38.1. The molecule has 0 aliphatic rings. The van der Waals surface area contributed by atoms with Crippen molar-refractivity contribution in [3.8, 4) is 0 Å². The van der Waals surface area contributed by atoms with Crippen LogP contribution in [0.5, 0.6) is 0 Å². The third kappa shape index (κ3) is 51.3. The summed E-state index contributed by atoms with van der Waals surface area (Å²) in [5.74, 6) is 1.65. The normalized spacial score (nSPS) is 12.1. The zero-order valence-corrected chi connectivity index (χ0v) is 43.4. The van der Waals surface area contributed by atoms with Gasteiger partial charge in [-0.1, -0.05) is 273 Å². The Labute approximate surface area is 393 Å². The first-order valence-electron chi connectivity index (χ1n) is 28.1. The van der Waals surface area contributed by atoms with Crippen LogP contribution in [0.2, 0.25) is 0 Å².